The molecule has 1 fully saturated rings. The molecular formula is C24H22FN3O2. The number of carbonyl (C=O) groups excluding carboxylic acids is 2. The van der Waals surface area contributed by atoms with Gasteiger partial charge in [-0.15, -0.1) is 0 Å². The average Bonchev–Trinajstić information content (AvgIpc) is 2.72. The molecule has 0 N–H and O–H groups in total. The molecule has 0 saturated carbocycles. The largest absolute Gasteiger partial charge is 0.328 e. The van der Waals surface area contributed by atoms with Crippen molar-refractivity contribution >= 4 is 17.5 Å². The fourth-order valence-electron chi connectivity index (χ4n) is 3.83. The zero-order valence-electron chi connectivity index (χ0n) is 16.9. The standard InChI is InChI=1S/C24H22FN3O2/c1-16-9-17(2)11-22(10-16)28-8-7-27(15-23(28)29)24(30)20-12-19(13-21(25)14-20)18-3-5-26-6-4-18/h3-6,9-14H,7-8,15H2,1-2H3. The highest BCUT2D eigenvalue weighted by atomic mass is 19.1. The maximum atomic E-state index is 14.2. The van der Waals surface area contributed by atoms with Gasteiger partial charge in [0.15, 0.2) is 0 Å². The number of hydrogen-bond acceptors (Lipinski definition) is 3. The topological polar surface area (TPSA) is 53.5 Å². The number of aromatic nitrogens is 1. The van der Waals surface area contributed by atoms with Crippen molar-refractivity contribution in [3.05, 3.63) is 83.4 Å². The van der Waals surface area contributed by atoms with Crippen molar-refractivity contribution in [2.45, 2.75) is 13.8 Å². The SMILES string of the molecule is Cc1cc(C)cc(N2CCN(C(=O)c3cc(F)cc(-c4ccncc4)c3)CC2=O)c1. The number of carbonyl (C=O) groups is 2. The van der Waals surface area contributed by atoms with Crippen LogP contribution in [0.25, 0.3) is 11.1 Å². The van der Waals surface area contributed by atoms with Crippen molar-refractivity contribution in [3.63, 3.8) is 0 Å². The van der Waals surface area contributed by atoms with Gasteiger partial charge in [0.2, 0.25) is 5.91 Å². The van der Waals surface area contributed by atoms with Crippen molar-refractivity contribution in [1.29, 1.82) is 0 Å². The fraction of sp³-hybridized carbons (Fsp3) is 0.208. The van der Waals surface area contributed by atoms with Gasteiger partial charge >= 0.3 is 0 Å². The number of aryl methyl sites for hydroxylation is 2. The Bertz CT molecular complexity index is 1090. The van der Waals surface area contributed by atoms with E-state index >= 15 is 0 Å². The second kappa shape index (κ2) is 8.06. The van der Waals surface area contributed by atoms with E-state index in [0.29, 0.717) is 18.7 Å². The second-order valence-corrected chi connectivity index (χ2v) is 7.58. The molecule has 0 atom stereocenters. The first-order valence-electron chi connectivity index (χ1n) is 9.79. The molecule has 2 amide bonds. The molecule has 152 valence electrons. The van der Waals surface area contributed by atoms with Gasteiger partial charge in [-0.3, -0.25) is 14.6 Å². The Morgan fingerprint density at radius 2 is 1.63 bits per heavy atom. The third-order valence-electron chi connectivity index (χ3n) is 5.18. The van der Waals surface area contributed by atoms with Gasteiger partial charge in [-0.1, -0.05) is 6.07 Å². The van der Waals surface area contributed by atoms with Crippen molar-refractivity contribution in [1.82, 2.24) is 9.88 Å². The van der Waals surface area contributed by atoms with E-state index in [4.69, 9.17) is 0 Å². The van der Waals surface area contributed by atoms with E-state index in [1.54, 1.807) is 35.5 Å². The van der Waals surface area contributed by atoms with Crippen LogP contribution in [0.15, 0.2) is 60.9 Å². The highest BCUT2D eigenvalue weighted by molar-refractivity contribution is 6.02. The summed E-state index contributed by atoms with van der Waals surface area (Å²) in [4.78, 5) is 32.9. The van der Waals surface area contributed by atoms with Gasteiger partial charge in [0.1, 0.15) is 12.4 Å². The summed E-state index contributed by atoms with van der Waals surface area (Å²) < 4.78 is 14.2. The molecule has 30 heavy (non-hydrogen) atoms. The van der Waals surface area contributed by atoms with Crippen molar-refractivity contribution in [2.75, 3.05) is 24.5 Å². The molecule has 0 aliphatic carbocycles. The van der Waals surface area contributed by atoms with Crippen LogP contribution >= 0.6 is 0 Å². The van der Waals surface area contributed by atoms with Gasteiger partial charge in [-0.25, -0.2) is 4.39 Å². The van der Waals surface area contributed by atoms with Crippen LogP contribution < -0.4 is 4.90 Å². The number of nitrogens with zero attached hydrogens (tertiary/aromatic N) is 3. The minimum absolute atomic E-state index is 0.0348. The average molecular weight is 403 g/mol. The predicted molar refractivity (Wildman–Crippen MR) is 114 cm³/mol. The van der Waals surface area contributed by atoms with E-state index in [2.05, 4.69) is 11.1 Å². The molecule has 0 unspecified atom stereocenters. The minimum atomic E-state index is -0.493. The van der Waals surface area contributed by atoms with Crippen LogP contribution in [0.2, 0.25) is 0 Å². The normalized spacial score (nSPS) is 14.2. The van der Waals surface area contributed by atoms with Gasteiger partial charge < -0.3 is 9.80 Å². The number of piperazine rings is 1. The highest BCUT2D eigenvalue weighted by Gasteiger charge is 2.29. The zero-order chi connectivity index (χ0) is 21.3. The summed E-state index contributed by atoms with van der Waals surface area (Å²) in [5, 5.41) is 0. The molecule has 1 saturated heterocycles. The lowest BCUT2D eigenvalue weighted by molar-refractivity contribution is -0.120. The summed E-state index contributed by atoms with van der Waals surface area (Å²) in [5.41, 5.74) is 4.61. The fourth-order valence-corrected chi connectivity index (χ4v) is 3.83. The first kappa shape index (κ1) is 19.8. The van der Waals surface area contributed by atoms with Crippen LogP contribution in [-0.2, 0) is 4.79 Å². The molecule has 5 nitrogen and oxygen atoms in total. The number of pyridine rings is 1. The van der Waals surface area contributed by atoms with Gasteiger partial charge in [0.05, 0.1) is 0 Å². The molecule has 2 heterocycles. The Labute approximate surface area is 174 Å². The van der Waals surface area contributed by atoms with E-state index in [0.717, 1.165) is 22.4 Å². The van der Waals surface area contributed by atoms with Crippen LogP contribution in [0.3, 0.4) is 0 Å². The number of hydrogen-bond donors (Lipinski definition) is 0. The maximum absolute atomic E-state index is 14.2. The van der Waals surface area contributed by atoms with Crippen LogP contribution in [-0.4, -0.2) is 41.3 Å². The van der Waals surface area contributed by atoms with E-state index < -0.39 is 5.82 Å². The third-order valence-corrected chi connectivity index (χ3v) is 5.18. The van der Waals surface area contributed by atoms with Gasteiger partial charge in [-0.2, -0.15) is 0 Å². The van der Waals surface area contributed by atoms with Crippen LogP contribution in [0.1, 0.15) is 21.5 Å². The molecular weight excluding hydrogens is 381 g/mol. The number of anilines is 1. The van der Waals surface area contributed by atoms with Crippen LogP contribution in [0.4, 0.5) is 10.1 Å². The molecule has 4 rings (SSSR count). The number of benzene rings is 2. The molecule has 1 aliphatic rings. The molecule has 3 aromatic rings. The van der Waals surface area contributed by atoms with E-state index in [-0.39, 0.29) is 23.9 Å². The Hall–Kier alpha value is -3.54. The van der Waals surface area contributed by atoms with Crippen molar-refractivity contribution < 1.29 is 14.0 Å². The summed E-state index contributed by atoms with van der Waals surface area (Å²) >= 11 is 0. The van der Waals surface area contributed by atoms with Gasteiger partial charge in [-0.05, 0) is 78.6 Å². The molecule has 1 aromatic heterocycles. The number of amides is 2. The van der Waals surface area contributed by atoms with E-state index in [1.807, 2.05) is 26.0 Å². The Morgan fingerprint density at radius 1 is 0.933 bits per heavy atom. The van der Waals surface area contributed by atoms with Gasteiger partial charge in [0.25, 0.3) is 5.91 Å². The summed E-state index contributed by atoms with van der Waals surface area (Å²) in [6.07, 6.45) is 3.24. The monoisotopic (exact) mass is 403 g/mol. The molecule has 0 bridgehead atoms. The first-order valence-corrected chi connectivity index (χ1v) is 9.79. The minimum Gasteiger partial charge on any atom is -0.328 e. The van der Waals surface area contributed by atoms with E-state index in [1.165, 1.54) is 17.0 Å². The first-order chi connectivity index (χ1) is 14.4. The predicted octanol–water partition coefficient (Wildman–Crippen LogP) is 3.99. The summed E-state index contributed by atoms with van der Waals surface area (Å²) in [6, 6.07) is 13.8. The third kappa shape index (κ3) is 4.08. The number of rotatable bonds is 3. The summed E-state index contributed by atoms with van der Waals surface area (Å²) in [6.45, 7) is 4.74. The quantitative estimate of drug-likeness (QED) is 0.664. The second-order valence-electron chi connectivity index (χ2n) is 7.58. The molecule has 1 aliphatic heterocycles. The Morgan fingerprint density at radius 3 is 2.30 bits per heavy atom. The molecule has 0 spiro atoms. The molecule has 2 aromatic carbocycles. The van der Waals surface area contributed by atoms with Gasteiger partial charge in [0, 0.05) is 36.7 Å². The van der Waals surface area contributed by atoms with Crippen molar-refractivity contribution in [3.8, 4) is 11.1 Å². The van der Waals surface area contributed by atoms with Crippen LogP contribution in [0, 0.1) is 19.7 Å². The molecule has 6 heteroatoms. The Balaban J connectivity index is 1.54. The lowest BCUT2D eigenvalue weighted by Gasteiger charge is -2.34. The lowest BCUT2D eigenvalue weighted by Crippen LogP contribution is -2.52. The molecule has 0 radical (unpaired) electrons. The van der Waals surface area contributed by atoms with Crippen LogP contribution in [0.5, 0.6) is 0 Å². The highest BCUT2D eigenvalue weighted by Crippen LogP contribution is 2.24. The maximum Gasteiger partial charge on any atom is 0.254 e. The van der Waals surface area contributed by atoms with Crippen molar-refractivity contribution in [2.24, 2.45) is 0 Å². The summed E-state index contributed by atoms with van der Waals surface area (Å²) in [5.74, 6) is -0.989. The van der Waals surface area contributed by atoms with E-state index in [9.17, 15) is 14.0 Å². The Kier molecular flexibility index (Phi) is 5.31. The summed E-state index contributed by atoms with van der Waals surface area (Å²) in [7, 11) is 0. The smallest absolute Gasteiger partial charge is 0.254 e. The zero-order valence-corrected chi connectivity index (χ0v) is 16.9. The number of halogens is 1. The lowest BCUT2D eigenvalue weighted by atomic mass is 10.0.